The Morgan fingerprint density at radius 1 is 0.917 bits per heavy atom. The van der Waals surface area contributed by atoms with E-state index in [0.717, 1.165) is 30.6 Å². The molecule has 0 spiro atoms. The van der Waals surface area contributed by atoms with Crippen LogP contribution < -0.4 is 9.75 Å². The highest BCUT2D eigenvalue weighted by Crippen LogP contribution is 2.29. The van der Waals surface area contributed by atoms with Crippen molar-refractivity contribution < 1.29 is 17.2 Å². The second-order valence-electron chi connectivity index (χ2n) is 6.07. The summed E-state index contributed by atoms with van der Waals surface area (Å²) >= 11 is 0. The molecule has 0 bridgehead atoms. The summed E-state index contributed by atoms with van der Waals surface area (Å²) in [6.45, 7) is 0. The molecular weight excluding hydrogens is 322 g/mol. The Balaban J connectivity index is 1.82. The van der Waals surface area contributed by atoms with E-state index in [-0.39, 0.29) is 4.90 Å². The van der Waals surface area contributed by atoms with Crippen LogP contribution in [0.2, 0.25) is 0 Å². The fraction of sp³-hybridized carbons (Fsp3) is 0.211. The van der Waals surface area contributed by atoms with Crippen molar-refractivity contribution in [1.29, 1.82) is 0 Å². The van der Waals surface area contributed by atoms with Crippen LogP contribution in [0.4, 0.5) is 0 Å². The Morgan fingerprint density at radius 3 is 2.54 bits per heavy atom. The van der Waals surface area contributed by atoms with Gasteiger partial charge in [0.2, 0.25) is 5.36 Å². The second-order valence-corrected chi connectivity index (χ2v) is 7.76. The molecule has 4 nitrogen and oxygen atoms in total. The summed E-state index contributed by atoms with van der Waals surface area (Å²) in [5.74, 6) is 1.74. The zero-order valence-electron chi connectivity index (χ0n) is 13.2. The van der Waals surface area contributed by atoms with Gasteiger partial charge in [0.15, 0.2) is 0 Å². The molecule has 1 heterocycles. The predicted octanol–water partition coefficient (Wildman–Crippen LogP) is 1.63. The maximum Gasteiger partial charge on any atom is 0.393 e. The molecule has 0 amide bonds. The number of sulfonamides is 1. The summed E-state index contributed by atoms with van der Waals surface area (Å²) in [6.07, 6.45) is 4.34. The number of nitrogens with one attached hydrogen (secondary N) is 1. The van der Waals surface area contributed by atoms with E-state index in [1.165, 1.54) is 12.0 Å². The van der Waals surface area contributed by atoms with Crippen LogP contribution in [0.3, 0.4) is 0 Å². The quantitative estimate of drug-likeness (QED) is 0.771. The van der Waals surface area contributed by atoms with Gasteiger partial charge in [-0.1, -0.05) is 18.2 Å². The van der Waals surface area contributed by atoms with Crippen molar-refractivity contribution in [3.8, 4) is 11.3 Å². The fourth-order valence-electron chi connectivity index (χ4n) is 3.11. The average Bonchev–Trinajstić information content (AvgIpc) is 2.60. The molecule has 0 unspecified atom stereocenters. The number of rotatable bonds is 2. The first-order valence-electron chi connectivity index (χ1n) is 8.08. The predicted molar refractivity (Wildman–Crippen MR) is 89.7 cm³/mol. The van der Waals surface area contributed by atoms with Gasteiger partial charge in [0, 0.05) is 18.1 Å². The smallest absolute Gasteiger partial charge is 0.393 e. The number of fused-ring (bicyclic) bond motifs is 2. The van der Waals surface area contributed by atoms with Crippen molar-refractivity contribution in [3.05, 3.63) is 71.3 Å². The third-order valence-electron chi connectivity index (χ3n) is 4.34. The highest BCUT2D eigenvalue weighted by atomic mass is 32.2. The fourth-order valence-corrected chi connectivity index (χ4v) is 4.18. The first-order valence-corrected chi connectivity index (χ1v) is 9.57. The molecule has 0 radical (unpaired) electrons. The minimum absolute atomic E-state index is 0.243. The van der Waals surface area contributed by atoms with Crippen LogP contribution >= 0.6 is 0 Å². The molecular formula is C19H18NO3S+. The lowest BCUT2D eigenvalue weighted by Crippen LogP contribution is -2.79. The molecule has 3 aliphatic rings. The van der Waals surface area contributed by atoms with E-state index in [9.17, 15) is 8.42 Å². The van der Waals surface area contributed by atoms with Gasteiger partial charge in [-0.05, 0) is 49.1 Å². The summed E-state index contributed by atoms with van der Waals surface area (Å²) in [5.41, 5.74) is 2.27. The molecule has 0 atom stereocenters. The number of benzene rings is 2. The average molecular weight is 340 g/mol. The van der Waals surface area contributed by atoms with Crippen molar-refractivity contribution in [2.45, 2.75) is 30.6 Å². The van der Waals surface area contributed by atoms with E-state index >= 15 is 0 Å². The minimum atomic E-state index is -3.59. The normalized spacial score (nSPS) is 15.4. The zero-order valence-corrected chi connectivity index (χ0v) is 14.0. The summed E-state index contributed by atoms with van der Waals surface area (Å²) in [6, 6.07) is 15.9. The molecule has 4 rings (SSSR count). The van der Waals surface area contributed by atoms with E-state index in [0.29, 0.717) is 11.1 Å². The van der Waals surface area contributed by atoms with Crippen molar-refractivity contribution in [2.75, 3.05) is 0 Å². The zero-order chi connectivity index (χ0) is 16.6. The van der Waals surface area contributed by atoms with Gasteiger partial charge in [-0.2, -0.15) is 8.42 Å². The summed E-state index contributed by atoms with van der Waals surface area (Å²) < 4.78 is 33.5. The van der Waals surface area contributed by atoms with Gasteiger partial charge in [0.1, 0.15) is 16.4 Å². The Kier molecular flexibility index (Phi) is 3.73. The Hall–Kier alpha value is -2.40. The molecule has 0 saturated heterocycles. The van der Waals surface area contributed by atoms with Crippen LogP contribution in [0.1, 0.15) is 24.2 Å². The molecule has 0 aromatic heterocycles. The first kappa shape index (κ1) is 15.1. The Morgan fingerprint density at radius 2 is 1.71 bits per heavy atom. The number of hydrogen-bond acceptors (Lipinski definition) is 3. The Labute approximate surface area is 140 Å². The molecule has 0 fully saturated rings. The lowest BCUT2D eigenvalue weighted by Gasteiger charge is -2.16. The maximum absolute atomic E-state index is 12.4. The molecule has 24 heavy (non-hydrogen) atoms. The molecule has 1 aliphatic heterocycles. The van der Waals surface area contributed by atoms with Crippen molar-refractivity contribution in [1.82, 2.24) is 0 Å². The summed E-state index contributed by atoms with van der Waals surface area (Å²) in [7, 11) is -3.59. The van der Waals surface area contributed by atoms with E-state index in [1.807, 2.05) is 6.07 Å². The SMILES string of the molecule is O=S(=O)(/[NH+]=c1/ccc2cc3c(oc-2c1)CCCC3)c1ccccc1. The van der Waals surface area contributed by atoms with Crippen molar-refractivity contribution in [3.63, 3.8) is 0 Å². The molecule has 2 aliphatic carbocycles. The molecule has 122 valence electrons. The van der Waals surface area contributed by atoms with Gasteiger partial charge >= 0.3 is 10.0 Å². The monoisotopic (exact) mass is 340 g/mol. The van der Waals surface area contributed by atoms with Crippen molar-refractivity contribution in [2.24, 2.45) is 0 Å². The van der Waals surface area contributed by atoms with Crippen LogP contribution in [0.25, 0.3) is 11.3 Å². The largest absolute Gasteiger partial charge is 0.461 e. The molecule has 1 N–H and O–H groups in total. The molecule has 5 heteroatoms. The number of hydrogen-bond donors (Lipinski definition) is 1. The van der Waals surface area contributed by atoms with Gasteiger partial charge in [0.05, 0.1) is 6.07 Å². The highest BCUT2D eigenvalue weighted by molar-refractivity contribution is 7.84. The van der Waals surface area contributed by atoms with E-state index in [2.05, 4.69) is 10.5 Å². The third kappa shape index (κ3) is 2.87. The van der Waals surface area contributed by atoms with Crippen LogP contribution in [0, 0.1) is 0 Å². The van der Waals surface area contributed by atoms with Crippen LogP contribution in [0.15, 0.2) is 63.9 Å². The maximum atomic E-state index is 12.4. The second kappa shape index (κ2) is 5.91. The Bertz CT molecular complexity index is 1020. The summed E-state index contributed by atoms with van der Waals surface area (Å²) in [4.78, 5) is 0.243. The standard InChI is InChI=1S/C19H17NO3S/c21-24(22,17-7-2-1-3-8-17)20-16-11-10-15-12-14-6-4-5-9-18(14)23-19(15)13-16/h1-3,7-8,10-13H,4-6,9H2/p+1/b20-16-. The minimum Gasteiger partial charge on any atom is -0.461 e. The van der Waals surface area contributed by atoms with Gasteiger partial charge < -0.3 is 4.42 Å². The topological polar surface area (TPSA) is 61.2 Å². The number of aryl methyl sites for hydroxylation is 2. The summed E-state index contributed by atoms with van der Waals surface area (Å²) in [5, 5.41) is 0.505. The van der Waals surface area contributed by atoms with Gasteiger partial charge in [0.25, 0.3) is 0 Å². The third-order valence-corrected chi connectivity index (χ3v) is 5.74. The van der Waals surface area contributed by atoms with Crippen LogP contribution in [-0.4, -0.2) is 8.42 Å². The lowest BCUT2D eigenvalue weighted by molar-refractivity contribution is -0.319. The highest BCUT2D eigenvalue weighted by Gasteiger charge is 2.19. The van der Waals surface area contributed by atoms with Gasteiger partial charge in [-0.25, -0.2) is 0 Å². The lowest BCUT2D eigenvalue weighted by atomic mass is 9.95. The van der Waals surface area contributed by atoms with Gasteiger partial charge in [-0.15, -0.1) is 4.40 Å². The van der Waals surface area contributed by atoms with E-state index in [1.54, 1.807) is 42.5 Å². The molecule has 1 aromatic rings. The van der Waals surface area contributed by atoms with Crippen molar-refractivity contribution >= 4 is 10.0 Å². The van der Waals surface area contributed by atoms with E-state index < -0.39 is 10.0 Å². The van der Waals surface area contributed by atoms with Crippen LogP contribution in [-0.2, 0) is 22.9 Å². The van der Waals surface area contributed by atoms with E-state index in [4.69, 9.17) is 4.42 Å². The first-order chi connectivity index (χ1) is 11.6. The van der Waals surface area contributed by atoms with Gasteiger partial charge in [-0.3, -0.25) is 0 Å². The van der Waals surface area contributed by atoms with Crippen LogP contribution in [0.5, 0.6) is 0 Å². The molecule has 0 saturated carbocycles. The molecule has 1 aromatic carbocycles.